The molecule has 0 radical (unpaired) electrons. The third-order valence-corrected chi connectivity index (χ3v) is 13.1. The van der Waals surface area contributed by atoms with E-state index in [9.17, 15) is 29.4 Å². The average Bonchev–Trinajstić information content (AvgIpc) is 4.03. The zero-order chi connectivity index (χ0) is 47.2. The first kappa shape index (κ1) is 47.0. The van der Waals surface area contributed by atoms with E-state index in [0.717, 1.165) is 35.1 Å². The molecule has 0 bridgehead atoms. The normalized spacial score (nSPS) is 29.1. The van der Waals surface area contributed by atoms with Crippen molar-refractivity contribution in [3.8, 4) is 33.6 Å². The van der Waals surface area contributed by atoms with Crippen LogP contribution in [-0.4, -0.2) is 125 Å². The minimum Gasteiger partial charge on any atom is -0.465 e. The number of carbonyl (C=O) groups excluding carboxylic acids is 2. The van der Waals surface area contributed by atoms with E-state index >= 15 is 0 Å². The lowest BCUT2D eigenvalue weighted by Gasteiger charge is -2.41. The lowest BCUT2D eigenvalue weighted by atomic mass is 10.00. The molecule has 18 nitrogen and oxygen atoms in total. The molecule has 4 saturated heterocycles. The molecule has 4 amide bonds. The monoisotopic (exact) mass is 910 g/mol. The second-order valence-corrected chi connectivity index (χ2v) is 19.3. The molecule has 6 heterocycles. The maximum Gasteiger partial charge on any atom is 0.411 e. The van der Waals surface area contributed by atoms with Gasteiger partial charge in [-0.3, -0.25) is 30.0 Å². The molecule has 66 heavy (non-hydrogen) atoms. The third-order valence-electron chi connectivity index (χ3n) is 13.1. The fraction of sp³-hybridized carbons (Fsp3) is 0.542. The minimum absolute atomic E-state index is 0.0591. The maximum absolute atomic E-state index is 13.3. The average molecular weight is 911 g/mol. The summed E-state index contributed by atoms with van der Waals surface area (Å²) in [5.41, 5.74) is 5.18. The van der Waals surface area contributed by atoms with E-state index in [4.69, 9.17) is 28.9 Å². The Hall–Kier alpha value is -5.50. The Labute approximate surface area is 384 Å². The van der Waals surface area contributed by atoms with Crippen LogP contribution < -0.4 is 10.6 Å². The smallest absolute Gasteiger partial charge is 0.411 e. The Morgan fingerprint density at radius 1 is 0.591 bits per heavy atom. The number of nitrogens with zero attached hydrogens (tertiary/aromatic N) is 4. The van der Waals surface area contributed by atoms with Gasteiger partial charge in [0.15, 0.2) is 11.6 Å². The van der Waals surface area contributed by atoms with Crippen LogP contribution in [0.15, 0.2) is 60.9 Å². The molecule has 354 valence electrons. The first-order valence-electron chi connectivity index (χ1n) is 22.9. The highest BCUT2D eigenvalue weighted by molar-refractivity contribution is 5.95. The number of imidazole rings is 2. The van der Waals surface area contributed by atoms with Crippen LogP contribution in [0.3, 0.4) is 0 Å². The van der Waals surface area contributed by atoms with E-state index in [0.29, 0.717) is 35.9 Å². The summed E-state index contributed by atoms with van der Waals surface area (Å²) in [4.78, 5) is 70.5. The summed E-state index contributed by atoms with van der Waals surface area (Å²) in [7, 11) is 0. The third kappa shape index (κ3) is 9.80. The van der Waals surface area contributed by atoms with Crippen molar-refractivity contribution in [3.05, 3.63) is 72.6 Å². The number of carbonyl (C=O) groups is 4. The topological polar surface area (TPSA) is 234 Å². The lowest BCUT2D eigenvalue weighted by molar-refractivity contribution is -0.304. The van der Waals surface area contributed by atoms with Crippen LogP contribution in [0.5, 0.6) is 0 Å². The summed E-state index contributed by atoms with van der Waals surface area (Å²) in [6.07, 6.45) is 2.92. The number of ether oxygens (including phenoxy) is 4. The van der Waals surface area contributed by atoms with Gasteiger partial charge in [-0.2, -0.15) is 0 Å². The van der Waals surface area contributed by atoms with E-state index in [1.54, 1.807) is 0 Å². The van der Waals surface area contributed by atoms with Gasteiger partial charge in [0, 0.05) is 36.4 Å². The van der Waals surface area contributed by atoms with Gasteiger partial charge in [-0.05, 0) is 63.5 Å². The van der Waals surface area contributed by atoms with E-state index in [1.165, 1.54) is 0 Å². The van der Waals surface area contributed by atoms with Crippen LogP contribution in [-0.2, 0) is 28.5 Å². The summed E-state index contributed by atoms with van der Waals surface area (Å²) in [5.74, 6) is -2.39. The predicted octanol–water partition coefficient (Wildman–Crippen LogP) is 7.09. The molecular weight excluding hydrogens is 849 g/mol. The van der Waals surface area contributed by atoms with Gasteiger partial charge in [-0.15, -0.1) is 0 Å². The van der Waals surface area contributed by atoms with Crippen LogP contribution in [0, 0.1) is 11.8 Å². The summed E-state index contributed by atoms with van der Waals surface area (Å²) in [5, 5.41) is 23.0. The number of amides is 4. The van der Waals surface area contributed by atoms with Gasteiger partial charge in [0.05, 0.1) is 73.1 Å². The van der Waals surface area contributed by atoms with Crippen LogP contribution >= 0.6 is 0 Å². The number of aromatic amines is 2. The number of hydrogen-bond donors (Lipinski definition) is 6. The number of imide groups is 2. The highest BCUT2D eigenvalue weighted by atomic mass is 16.7. The molecule has 18 heteroatoms. The molecule has 4 aliphatic rings. The highest BCUT2D eigenvalue weighted by Crippen LogP contribution is 2.47. The number of nitrogens with one attached hydrogen (secondary N) is 4. The molecule has 2 aromatic carbocycles. The summed E-state index contributed by atoms with van der Waals surface area (Å²) >= 11 is 0. The zero-order valence-electron chi connectivity index (χ0n) is 38.7. The molecule has 0 aliphatic carbocycles. The Morgan fingerprint density at radius 3 is 1.21 bits per heavy atom. The number of benzene rings is 2. The number of rotatable bonds is 11. The van der Waals surface area contributed by atoms with Gasteiger partial charge in [-0.25, -0.2) is 19.6 Å². The number of likely N-dealkylation sites (tertiary alicyclic amines) is 2. The van der Waals surface area contributed by atoms with Crippen LogP contribution in [0.25, 0.3) is 33.6 Å². The quantitative estimate of drug-likeness (QED) is 0.0883. The Balaban J connectivity index is 0.997. The largest absolute Gasteiger partial charge is 0.465 e. The Bertz CT molecular complexity index is 2210. The molecular formula is C48H62N8O10. The zero-order valence-corrected chi connectivity index (χ0v) is 38.7. The van der Waals surface area contributed by atoms with Gasteiger partial charge in [0.1, 0.15) is 11.6 Å². The second-order valence-electron chi connectivity index (χ2n) is 19.3. The van der Waals surface area contributed by atoms with Crippen molar-refractivity contribution in [3.63, 3.8) is 0 Å². The van der Waals surface area contributed by atoms with Crippen molar-refractivity contribution in [2.75, 3.05) is 13.1 Å². The molecule has 8 atom stereocenters. The van der Waals surface area contributed by atoms with Gasteiger partial charge >= 0.3 is 12.2 Å². The van der Waals surface area contributed by atoms with Gasteiger partial charge in [0.2, 0.25) is 11.8 Å². The second kappa shape index (κ2) is 18.6. The van der Waals surface area contributed by atoms with Crippen molar-refractivity contribution in [2.24, 2.45) is 11.8 Å². The van der Waals surface area contributed by atoms with Crippen molar-refractivity contribution < 1.29 is 48.3 Å². The molecule has 8 rings (SSSR count). The molecule has 4 aliphatic heterocycles. The van der Waals surface area contributed by atoms with Crippen LogP contribution in [0.2, 0.25) is 0 Å². The van der Waals surface area contributed by atoms with Crippen molar-refractivity contribution in [2.45, 2.75) is 141 Å². The fourth-order valence-electron chi connectivity index (χ4n) is 10.8. The lowest BCUT2D eigenvalue weighted by Crippen LogP contribution is -2.54. The number of H-pyrrole nitrogens is 2. The Kier molecular flexibility index (Phi) is 13.3. The molecule has 2 spiro atoms. The van der Waals surface area contributed by atoms with Gasteiger partial charge in [0.25, 0.3) is 0 Å². The summed E-state index contributed by atoms with van der Waals surface area (Å²) in [6, 6.07) is 13.8. The van der Waals surface area contributed by atoms with Crippen molar-refractivity contribution in [1.82, 2.24) is 40.4 Å². The molecule has 4 aromatic rings. The number of aromatic nitrogens is 4. The molecule has 0 unspecified atom stereocenters. The first-order chi connectivity index (χ1) is 31.3. The Morgan fingerprint density at radius 2 is 0.909 bits per heavy atom. The highest BCUT2D eigenvalue weighted by Gasteiger charge is 2.56. The minimum atomic E-state index is -1.41. The number of carboxylic acid groups (broad SMARTS) is 2. The van der Waals surface area contributed by atoms with E-state index in [1.807, 2.05) is 126 Å². The van der Waals surface area contributed by atoms with Crippen LogP contribution in [0.1, 0.15) is 105 Å². The SMILES string of the molecule is CC(C)[C@@H](C(=O)NC(=O)O)N1CC2(C[C@H]1c1nc(-c3ccc(-c4ccc(-c5c[nH]c([C@@H]6CC7(CN6[C@H](C(=O)NC(=O)O)C(C)C)O[C@@H](C)C[C@H](C)O7)n5)cc4)cc3)c[nH]1)O[C@@H](C)C[C@H](C)O2. The van der Waals surface area contributed by atoms with Gasteiger partial charge < -0.3 is 39.1 Å². The van der Waals surface area contributed by atoms with E-state index < -0.39 is 59.7 Å². The first-order valence-corrected chi connectivity index (χ1v) is 22.9. The standard InChI is InChI=1S/C48H62N8O10/c1-25(2)39(43(57)53-45(59)60)55-23-47(63-27(5)17-28(6)64-47)19-37(55)41-49-21-35(51-41)33-13-9-31(10-14-33)32-11-15-34(16-12-32)36-22-50-42(52-36)38-20-48(65-29(7)18-30(8)66-48)24-56(38)40(26(3)4)44(58)54-46(61)62/h9-16,21-22,25-30,37-40H,17-20,23-24H2,1-8H3,(H,49,51)(H,50,52)(H,53,57)(H,54,58)(H,59,60)(H,61,62)/t27-,28-,29-,30-,37-,38-,39-,40-/m0/s1. The predicted molar refractivity (Wildman–Crippen MR) is 242 cm³/mol. The molecule has 2 aromatic heterocycles. The van der Waals surface area contributed by atoms with E-state index in [2.05, 4.69) is 20.6 Å². The molecule has 6 N–H and O–H groups in total. The molecule has 4 fully saturated rings. The van der Waals surface area contributed by atoms with Crippen molar-refractivity contribution in [1.29, 1.82) is 0 Å². The van der Waals surface area contributed by atoms with Crippen molar-refractivity contribution >= 4 is 24.0 Å². The summed E-state index contributed by atoms with van der Waals surface area (Å²) in [6.45, 7) is 16.1. The number of hydrogen-bond acceptors (Lipinski definition) is 12. The van der Waals surface area contributed by atoms with E-state index in [-0.39, 0.29) is 49.3 Å². The fourth-order valence-corrected chi connectivity index (χ4v) is 10.8. The van der Waals surface area contributed by atoms with Crippen LogP contribution in [0.4, 0.5) is 9.59 Å². The maximum atomic E-state index is 13.3. The molecule has 0 saturated carbocycles. The van der Waals surface area contributed by atoms with Gasteiger partial charge in [-0.1, -0.05) is 76.2 Å². The summed E-state index contributed by atoms with van der Waals surface area (Å²) < 4.78 is 25.8.